The molecule has 5 aromatic heterocycles. The first kappa shape index (κ1) is 37.4. The standard InChI is InChI=1S/C64H47N3/c1-63(2,3)39-32-46(38-25-27-53-47(30-38)44-22-14-15-23-52(44)65(53)41-18-8-7-9-19-41)60-49(33-39)50-34-40(64(4,5)6)35-51-56-54(66(60)61(50)51)28-29-55-58(56)57-42-20-12-11-17-37(42)31-48-45-26-24-36-16-10-13-21-43(36)59(45)67(55)62(48)57/h7-35H,1-6H3. The Morgan fingerprint density at radius 2 is 0.881 bits per heavy atom. The molecule has 0 aliphatic carbocycles. The lowest BCUT2D eigenvalue weighted by atomic mass is 9.83. The zero-order valence-electron chi connectivity index (χ0n) is 38.6. The maximum Gasteiger partial charge on any atom is 0.0627 e. The van der Waals surface area contributed by atoms with Crippen LogP contribution < -0.4 is 0 Å². The summed E-state index contributed by atoms with van der Waals surface area (Å²) in [5.74, 6) is 0. The highest BCUT2D eigenvalue weighted by Crippen LogP contribution is 2.52. The molecule has 0 unspecified atom stereocenters. The molecule has 0 saturated heterocycles. The Bertz CT molecular complexity index is 4620. The topological polar surface area (TPSA) is 13.8 Å². The summed E-state index contributed by atoms with van der Waals surface area (Å²) >= 11 is 0. The van der Waals surface area contributed by atoms with Crippen molar-refractivity contribution in [3.8, 4) is 16.8 Å². The fraction of sp³-hybridized carbons (Fsp3) is 0.125. The van der Waals surface area contributed by atoms with E-state index in [9.17, 15) is 0 Å². The summed E-state index contributed by atoms with van der Waals surface area (Å²) in [6, 6.07) is 66.9. The van der Waals surface area contributed by atoms with Gasteiger partial charge in [0.1, 0.15) is 0 Å². The molecule has 0 bridgehead atoms. The molecule has 0 radical (unpaired) electrons. The number of aromatic nitrogens is 3. The van der Waals surface area contributed by atoms with E-state index < -0.39 is 0 Å². The van der Waals surface area contributed by atoms with Crippen molar-refractivity contribution in [2.24, 2.45) is 0 Å². The fourth-order valence-corrected chi connectivity index (χ4v) is 12.4. The molecule has 0 fully saturated rings. The van der Waals surface area contributed by atoms with Crippen LogP contribution in [-0.4, -0.2) is 13.4 Å². The van der Waals surface area contributed by atoms with E-state index in [1.54, 1.807) is 0 Å². The van der Waals surface area contributed by atoms with Crippen molar-refractivity contribution in [1.29, 1.82) is 0 Å². The largest absolute Gasteiger partial charge is 0.309 e. The molecular weight excluding hydrogens is 811 g/mol. The van der Waals surface area contributed by atoms with E-state index in [0.29, 0.717) is 0 Å². The Kier molecular flexibility index (Phi) is 6.97. The Labute approximate surface area is 387 Å². The van der Waals surface area contributed by atoms with Crippen LogP contribution in [0.5, 0.6) is 0 Å². The molecule has 0 saturated carbocycles. The maximum absolute atomic E-state index is 2.66. The molecule has 318 valence electrons. The number of fused-ring (bicyclic) bond motifs is 20. The lowest BCUT2D eigenvalue weighted by molar-refractivity contribution is 0.591. The molecule has 10 aromatic carbocycles. The van der Waals surface area contributed by atoms with Crippen molar-refractivity contribution in [2.45, 2.75) is 52.4 Å². The van der Waals surface area contributed by atoms with E-state index in [1.807, 2.05) is 0 Å². The Hall–Kier alpha value is -7.88. The SMILES string of the molecule is CC(C)(C)c1cc(-c2ccc3c(c2)c2ccccc2n3-c2ccccc2)c2c(c1)c1cc(C(C)(C)C)cc3c4c5c6c7ccccc7cc7c8ccc9ccccc9c8n(c5ccc4n2c13)c76. The van der Waals surface area contributed by atoms with Crippen LogP contribution in [-0.2, 0) is 10.8 Å². The normalized spacial score (nSPS) is 13.2. The lowest BCUT2D eigenvalue weighted by Crippen LogP contribution is -2.11. The Balaban J connectivity index is 1.15. The third-order valence-corrected chi connectivity index (χ3v) is 15.5. The number of nitrogens with zero attached hydrogens (tertiary/aromatic N) is 3. The minimum atomic E-state index is -0.0740. The molecule has 3 nitrogen and oxygen atoms in total. The van der Waals surface area contributed by atoms with Gasteiger partial charge in [-0.15, -0.1) is 0 Å². The third kappa shape index (κ3) is 4.76. The second-order valence-corrected chi connectivity index (χ2v) is 21.3. The molecule has 5 heterocycles. The predicted octanol–water partition coefficient (Wildman–Crippen LogP) is 17.7. The van der Waals surface area contributed by atoms with Gasteiger partial charge in [-0.1, -0.05) is 145 Å². The van der Waals surface area contributed by atoms with Crippen LogP contribution in [0.4, 0.5) is 0 Å². The van der Waals surface area contributed by atoms with Gasteiger partial charge in [0.15, 0.2) is 0 Å². The second kappa shape index (κ2) is 12.5. The number of rotatable bonds is 2. The van der Waals surface area contributed by atoms with Crippen LogP contribution in [0.3, 0.4) is 0 Å². The Morgan fingerprint density at radius 1 is 0.313 bits per heavy atom. The molecule has 67 heavy (non-hydrogen) atoms. The maximum atomic E-state index is 2.66. The summed E-state index contributed by atoms with van der Waals surface area (Å²) < 4.78 is 7.69. The highest BCUT2D eigenvalue weighted by Gasteiger charge is 2.30. The quantitative estimate of drug-likeness (QED) is 0.164. The van der Waals surface area contributed by atoms with Crippen LogP contribution in [0.25, 0.3) is 136 Å². The number of benzene rings is 10. The summed E-state index contributed by atoms with van der Waals surface area (Å²) in [5, 5.41) is 18.3. The van der Waals surface area contributed by atoms with E-state index in [-0.39, 0.29) is 10.8 Å². The van der Waals surface area contributed by atoms with Crippen molar-refractivity contribution >= 4 is 120 Å². The molecule has 0 aliphatic rings. The Morgan fingerprint density at radius 3 is 1.66 bits per heavy atom. The molecule has 0 amide bonds. The van der Waals surface area contributed by atoms with E-state index in [2.05, 4.69) is 231 Å². The van der Waals surface area contributed by atoms with Crippen molar-refractivity contribution in [2.75, 3.05) is 0 Å². The first-order valence-electron chi connectivity index (χ1n) is 23.9. The van der Waals surface area contributed by atoms with Crippen LogP contribution in [0, 0.1) is 0 Å². The van der Waals surface area contributed by atoms with Crippen LogP contribution in [0.1, 0.15) is 52.7 Å². The number of para-hydroxylation sites is 2. The molecule has 15 rings (SSSR count). The van der Waals surface area contributed by atoms with Gasteiger partial charge in [-0.3, -0.25) is 0 Å². The van der Waals surface area contributed by atoms with Crippen LogP contribution in [0.2, 0.25) is 0 Å². The van der Waals surface area contributed by atoms with E-state index in [1.165, 1.54) is 147 Å². The smallest absolute Gasteiger partial charge is 0.0627 e. The minimum Gasteiger partial charge on any atom is -0.309 e. The molecule has 15 aromatic rings. The highest BCUT2D eigenvalue weighted by molar-refractivity contribution is 6.40. The van der Waals surface area contributed by atoms with E-state index in [0.717, 1.165) is 0 Å². The summed E-state index contributed by atoms with van der Waals surface area (Å²) in [7, 11) is 0. The molecule has 0 aliphatic heterocycles. The minimum absolute atomic E-state index is 0.0712. The van der Waals surface area contributed by atoms with Crippen molar-refractivity contribution in [1.82, 2.24) is 13.4 Å². The van der Waals surface area contributed by atoms with Gasteiger partial charge >= 0.3 is 0 Å². The summed E-state index contributed by atoms with van der Waals surface area (Å²) in [6.07, 6.45) is 0. The summed E-state index contributed by atoms with van der Waals surface area (Å²) in [5.41, 5.74) is 16.4. The first-order chi connectivity index (χ1) is 32.5. The summed E-state index contributed by atoms with van der Waals surface area (Å²) in [4.78, 5) is 0. The molecule has 0 N–H and O–H groups in total. The molecule has 0 atom stereocenters. The lowest BCUT2D eigenvalue weighted by Gasteiger charge is -2.22. The van der Waals surface area contributed by atoms with Gasteiger partial charge in [0, 0.05) is 70.5 Å². The second-order valence-electron chi connectivity index (χ2n) is 21.3. The van der Waals surface area contributed by atoms with Gasteiger partial charge in [-0.25, -0.2) is 0 Å². The van der Waals surface area contributed by atoms with Crippen molar-refractivity contribution < 1.29 is 0 Å². The van der Waals surface area contributed by atoms with Crippen molar-refractivity contribution in [3.63, 3.8) is 0 Å². The van der Waals surface area contributed by atoms with Gasteiger partial charge in [-0.05, 0) is 116 Å². The molecular formula is C64H47N3. The van der Waals surface area contributed by atoms with Gasteiger partial charge in [0.25, 0.3) is 0 Å². The van der Waals surface area contributed by atoms with Crippen LogP contribution >= 0.6 is 0 Å². The predicted molar refractivity (Wildman–Crippen MR) is 288 cm³/mol. The third-order valence-electron chi connectivity index (χ3n) is 15.5. The molecule has 0 spiro atoms. The van der Waals surface area contributed by atoms with Gasteiger partial charge in [-0.2, -0.15) is 0 Å². The average Bonchev–Trinajstić information content (AvgIpc) is 4.13. The zero-order valence-corrected chi connectivity index (χ0v) is 38.6. The highest BCUT2D eigenvalue weighted by atomic mass is 15.0. The molecule has 3 heteroatoms. The van der Waals surface area contributed by atoms with Gasteiger partial charge in [0.05, 0.1) is 44.1 Å². The van der Waals surface area contributed by atoms with Crippen LogP contribution in [0.15, 0.2) is 176 Å². The van der Waals surface area contributed by atoms with Crippen molar-refractivity contribution in [3.05, 3.63) is 187 Å². The van der Waals surface area contributed by atoms with E-state index in [4.69, 9.17) is 0 Å². The fourth-order valence-electron chi connectivity index (χ4n) is 12.4. The van der Waals surface area contributed by atoms with Gasteiger partial charge in [0.2, 0.25) is 0 Å². The monoisotopic (exact) mass is 857 g/mol. The zero-order chi connectivity index (χ0) is 44.8. The number of hydrogen-bond acceptors (Lipinski definition) is 0. The first-order valence-corrected chi connectivity index (χ1v) is 23.9. The van der Waals surface area contributed by atoms with Gasteiger partial charge < -0.3 is 13.4 Å². The van der Waals surface area contributed by atoms with E-state index >= 15 is 0 Å². The average molecular weight is 858 g/mol. The number of hydrogen-bond donors (Lipinski definition) is 0. The summed E-state index contributed by atoms with van der Waals surface area (Å²) in [6.45, 7) is 14.2.